The Morgan fingerprint density at radius 2 is 2.00 bits per heavy atom. The van der Waals surface area contributed by atoms with E-state index in [2.05, 4.69) is 10.1 Å². The van der Waals surface area contributed by atoms with Gasteiger partial charge in [-0.1, -0.05) is 0 Å². The first kappa shape index (κ1) is 13.9. The van der Waals surface area contributed by atoms with Crippen molar-refractivity contribution in [3.8, 4) is 11.1 Å². The van der Waals surface area contributed by atoms with Crippen molar-refractivity contribution < 1.29 is 14.3 Å². The van der Waals surface area contributed by atoms with Crippen LogP contribution in [0.5, 0.6) is 0 Å². The fourth-order valence-corrected chi connectivity index (χ4v) is 1.56. The van der Waals surface area contributed by atoms with Gasteiger partial charge in [-0.2, -0.15) is 9.78 Å². The zero-order valence-electron chi connectivity index (χ0n) is 11.5. The molecule has 0 spiro atoms. The molecule has 104 valence electrons. The minimum absolute atomic E-state index is 0.465. The largest absolute Gasteiger partial charge is 0.442 e. The molecule has 2 aromatic heterocycles. The van der Waals surface area contributed by atoms with Gasteiger partial charge in [0.25, 0.3) is 0 Å². The number of rotatable bonds is 2. The van der Waals surface area contributed by atoms with Gasteiger partial charge in [-0.25, -0.2) is 4.79 Å². The van der Waals surface area contributed by atoms with E-state index in [1.165, 1.54) is 12.4 Å². The number of aromatic nitrogens is 3. The van der Waals surface area contributed by atoms with Crippen molar-refractivity contribution in [1.82, 2.24) is 14.8 Å². The molecule has 2 aromatic rings. The van der Waals surface area contributed by atoms with Crippen LogP contribution < -0.4 is 0 Å². The van der Waals surface area contributed by atoms with E-state index in [-0.39, 0.29) is 0 Å². The SMILES string of the molecule is CC(C)(C)OC(=O)n1cc(-c2cncc(C=O)c2)cn1. The van der Waals surface area contributed by atoms with Crippen molar-refractivity contribution in [2.45, 2.75) is 26.4 Å². The summed E-state index contributed by atoms with van der Waals surface area (Å²) in [6.45, 7) is 5.35. The Morgan fingerprint density at radius 1 is 1.25 bits per heavy atom. The minimum atomic E-state index is -0.581. The number of carbonyl (C=O) groups excluding carboxylic acids is 2. The van der Waals surface area contributed by atoms with E-state index in [0.717, 1.165) is 11.0 Å². The van der Waals surface area contributed by atoms with E-state index in [4.69, 9.17) is 4.74 Å². The van der Waals surface area contributed by atoms with E-state index >= 15 is 0 Å². The molecule has 0 fully saturated rings. The Bertz CT molecular complexity index is 641. The van der Waals surface area contributed by atoms with Gasteiger partial charge in [0.15, 0.2) is 6.29 Å². The summed E-state index contributed by atoms with van der Waals surface area (Å²) in [5, 5.41) is 3.96. The summed E-state index contributed by atoms with van der Waals surface area (Å²) in [6, 6.07) is 1.68. The maximum absolute atomic E-state index is 11.8. The first-order chi connectivity index (χ1) is 9.39. The van der Waals surface area contributed by atoms with Gasteiger partial charge in [0.1, 0.15) is 5.60 Å². The molecular weight excluding hydrogens is 258 g/mol. The molecule has 0 aliphatic rings. The maximum atomic E-state index is 11.8. The lowest BCUT2D eigenvalue weighted by Gasteiger charge is -2.18. The van der Waals surface area contributed by atoms with E-state index in [0.29, 0.717) is 16.7 Å². The lowest BCUT2D eigenvalue weighted by Crippen LogP contribution is -2.27. The molecule has 0 saturated heterocycles. The summed E-state index contributed by atoms with van der Waals surface area (Å²) in [6.07, 6.45) is 6.30. The van der Waals surface area contributed by atoms with Crippen LogP contribution in [0.25, 0.3) is 11.1 Å². The average molecular weight is 273 g/mol. The van der Waals surface area contributed by atoms with Crippen LogP contribution in [-0.2, 0) is 4.74 Å². The van der Waals surface area contributed by atoms with Gasteiger partial charge in [0.05, 0.1) is 6.20 Å². The smallest absolute Gasteiger partial charge is 0.435 e. The molecule has 0 radical (unpaired) electrons. The molecule has 0 amide bonds. The third-order valence-electron chi connectivity index (χ3n) is 2.39. The number of nitrogens with zero attached hydrogens (tertiary/aromatic N) is 3. The third kappa shape index (κ3) is 3.28. The predicted octanol–water partition coefficient (Wildman–Crippen LogP) is 2.54. The van der Waals surface area contributed by atoms with Crippen molar-refractivity contribution >= 4 is 12.4 Å². The van der Waals surface area contributed by atoms with Crippen molar-refractivity contribution in [3.05, 3.63) is 36.4 Å². The summed E-state index contributed by atoms with van der Waals surface area (Å²) in [5.74, 6) is 0. The Morgan fingerprint density at radius 3 is 2.65 bits per heavy atom. The number of hydrogen-bond donors (Lipinski definition) is 0. The second-order valence-electron chi connectivity index (χ2n) is 5.28. The van der Waals surface area contributed by atoms with Crippen LogP contribution in [0.1, 0.15) is 31.1 Å². The highest BCUT2D eigenvalue weighted by Crippen LogP contribution is 2.18. The highest BCUT2D eigenvalue weighted by molar-refractivity contribution is 5.78. The second-order valence-corrected chi connectivity index (χ2v) is 5.28. The van der Waals surface area contributed by atoms with Crippen molar-refractivity contribution in [1.29, 1.82) is 0 Å². The number of ether oxygens (including phenoxy) is 1. The molecule has 0 aliphatic carbocycles. The monoisotopic (exact) mass is 273 g/mol. The van der Waals surface area contributed by atoms with Gasteiger partial charge in [0, 0.05) is 35.3 Å². The maximum Gasteiger partial charge on any atom is 0.435 e. The molecule has 0 saturated carbocycles. The third-order valence-corrected chi connectivity index (χ3v) is 2.39. The summed E-state index contributed by atoms with van der Waals surface area (Å²) in [5.41, 5.74) is 1.28. The second kappa shape index (κ2) is 5.24. The van der Waals surface area contributed by atoms with E-state index in [1.807, 2.05) is 0 Å². The summed E-state index contributed by atoms with van der Waals surface area (Å²) < 4.78 is 6.33. The molecule has 2 rings (SSSR count). The van der Waals surface area contributed by atoms with Crippen LogP contribution in [0.2, 0.25) is 0 Å². The molecule has 20 heavy (non-hydrogen) atoms. The van der Waals surface area contributed by atoms with Crippen LogP contribution in [0.3, 0.4) is 0 Å². The fraction of sp³-hybridized carbons (Fsp3) is 0.286. The lowest BCUT2D eigenvalue weighted by molar-refractivity contribution is 0.0514. The van der Waals surface area contributed by atoms with E-state index < -0.39 is 11.7 Å². The van der Waals surface area contributed by atoms with Crippen molar-refractivity contribution in [2.24, 2.45) is 0 Å². The number of hydrogen-bond acceptors (Lipinski definition) is 5. The van der Waals surface area contributed by atoms with Crippen LogP contribution in [0.4, 0.5) is 4.79 Å². The quantitative estimate of drug-likeness (QED) is 0.786. The van der Waals surface area contributed by atoms with Crippen molar-refractivity contribution in [3.63, 3.8) is 0 Å². The average Bonchev–Trinajstić information content (AvgIpc) is 2.86. The van der Waals surface area contributed by atoms with Gasteiger partial charge in [-0.3, -0.25) is 9.78 Å². The molecule has 0 N–H and O–H groups in total. The van der Waals surface area contributed by atoms with Crippen LogP contribution in [-0.4, -0.2) is 32.7 Å². The molecular formula is C14H15N3O3. The Labute approximate surface area is 116 Å². The molecule has 6 nitrogen and oxygen atoms in total. The molecule has 0 aliphatic heterocycles. The van der Waals surface area contributed by atoms with Gasteiger partial charge in [0.2, 0.25) is 0 Å². The van der Waals surface area contributed by atoms with Gasteiger partial charge in [-0.15, -0.1) is 0 Å². The first-order valence-electron chi connectivity index (χ1n) is 6.08. The first-order valence-corrected chi connectivity index (χ1v) is 6.08. The van der Waals surface area contributed by atoms with Crippen LogP contribution >= 0.6 is 0 Å². The molecule has 0 unspecified atom stereocenters. The molecule has 0 atom stereocenters. The zero-order chi connectivity index (χ0) is 14.8. The molecule has 0 aromatic carbocycles. The Balaban J connectivity index is 2.24. The predicted molar refractivity (Wildman–Crippen MR) is 72.5 cm³/mol. The summed E-state index contributed by atoms with van der Waals surface area (Å²) in [7, 11) is 0. The number of aldehydes is 1. The lowest BCUT2D eigenvalue weighted by atomic mass is 10.1. The summed E-state index contributed by atoms with van der Waals surface area (Å²) >= 11 is 0. The minimum Gasteiger partial charge on any atom is -0.442 e. The number of pyridine rings is 1. The van der Waals surface area contributed by atoms with Crippen LogP contribution in [0.15, 0.2) is 30.9 Å². The van der Waals surface area contributed by atoms with Gasteiger partial charge < -0.3 is 4.74 Å². The summed E-state index contributed by atoms with van der Waals surface area (Å²) in [4.78, 5) is 26.5. The fourth-order valence-electron chi connectivity index (χ4n) is 1.56. The topological polar surface area (TPSA) is 74.1 Å². The van der Waals surface area contributed by atoms with Crippen LogP contribution in [0, 0.1) is 0 Å². The van der Waals surface area contributed by atoms with Crippen molar-refractivity contribution in [2.75, 3.05) is 0 Å². The Kier molecular flexibility index (Phi) is 3.65. The van der Waals surface area contributed by atoms with Gasteiger partial charge in [-0.05, 0) is 26.8 Å². The van der Waals surface area contributed by atoms with E-state index in [9.17, 15) is 9.59 Å². The molecule has 0 bridgehead atoms. The Hall–Kier alpha value is -2.50. The number of carbonyl (C=O) groups is 2. The standard InChI is InChI=1S/C14H15N3O3/c1-14(2,3)20-13(19)17-8-12(7-16-17)11-4-10(9-18)5-15-6-11/h4-9H,1-3H3. The molecule has 6 heteroatoms. The zero-order valence-corrected chi connectivity index (χ0v) is 11.5. The van der Waals surface area contributed by atoms with Gasteiger partial charge >= 0.3 is 6.09 Å². The highest BCUT2D eigenvalue weighted by Gasteiger charge is 2.18. The molecule has 2 heterocycles. The highest BCUT2D eigenvalue weighted by atomic mass is 16.6. The van der Waals surface area contributed by atoms with E-state index in [1.54, 1.807) is 39.2 Å². The normalized spacial score (nSPS) is 11.2.